The smallest absolute Gasteiger partial charge is 0.422 e. The van der Waals surface area contributed by atoms with E-state index in [0.717, 1.165) is 37.0 Å². The van der Waals surface area contributed by atoms with Gasteiger partial charge in [-0.05, 0) is 61.3 Å². The lowest BCUT2D eigenvalue weighted by molar-refractivity contribution is -0.154. The van der Waals surface area contributed by atoms with Crippen LogP contribution < -0.4 is 36.5 Å². The predicted octanol–water partition coefficient (Wildman–Crippen LogP) is 4.15. The molecule has 3 aromatic rings. The highest BCUT2D eigenvalue weighted by Crippen LogP contribution is 2.23. The molecule has 44 heavy (non-hydrogen) atoms. The molecule has 2 heterocycles. The SMILES string of the molecule is NCCCCCCOc1ccc(CNc2nc(Nc3ccc(NC4CNCC4C(=O)O)cc3)nc(OCC(F)(F)F)n2)cc1. The first-order chi connectivity index (χ1) is 21.2. The van der Waals surface area contributed by atoms with Gasteiger partial charge in [-0.1, -0.05) is 25.0 Å². The summed E-state index contributed by atoms with van der Waals surface area (Å²) in [4.78, 5) is 23.7. The number of rotatable bonds is 17. The summed E-state index contributed by atoms with van der Waals surface area (Å²) in [5, 5.41) is 21.6. The van der Waals surface area contributed by atoms with Gasteiger partial charge < -0.3 is 41.6 Å². The molecule has 0 bridgehead atoms. The van der Waals surface area contributed by atoms with Gasteiger partial charge in [0.1, 0.15) is 5.75 Å². The van der Waals surface area contributed by atoms with Gasteiger partial charge in [0.15, 0.2) is 6.61 Å². The van der Waals surface area contributed by atoms with E-state index in [1.54, 1.807) is 24.3 Å². The molecule has 15 heteroatoms. The lowest BCUT2D eigenvalue weighted by Crippen LogP contribution is -2.33. The molecule has 12 nitrogen and oxygen atoms in total. The van der Waals surface area contributed by atoms with Crippen molar-refractivity contribution in [2.45, 2.75) is 44.4 Å². The van der Waals surface area contributed by atoms with Gasteiger partial charge in [0, 0.05) is 31.0 Å². The van der Waals surface area contributed by atoms with Crippen molar-refractivity contribution in [3.63, 3.8) is 0 Å². The molecule has 7 N–H and O–H groups in total. The van der Waals surface area contributed by atoms with Crippen molar-refractivity contribution in [2.24, 2.45) is 11.7 Å². The Morgan fingerprint density at radius 1 is 0.932 bits per heavy atom. The minimum atomic E-state index is -4.57. The molecule has 1 saturated heterocycles. The molecule has 4 rings (SSSR count). The minimum Gasteiger partial charge on any atom is -0.494 e. The number of hydrogen-bond acceptors (Lipinski definition) is 11. The number of nitrogens with two attached hydrogens (primary N) is 1. The van der Waals surface area contributed by atoms with Crippen LogP contribution in [0.5, 0.6) is 11.8 Å². The van der Waals surface area contributed by atoms with Crippen molar-refractivity contribution in [2.75, 3.05) is 48.8 Å². The number of anilines is 4. The minimum absolute atomic E-state index is 0.0178. The number of unbranched alkanes of at least 4 members (excludes halogenated alkanes) is 3. The Hall–Kier alpha value is -4.37. The van der Waals surface area contributed by atoms with Gasteiger partial charge in [0.2, 0.25) is 11.9 Å². The van der Waals surface area contributed by atoms with Gasteiger partial charge in [-0.3, -0.25) is 4.79 Å². The number of hydrogen-bond donors (Lipinski definition) is 6. The van der Waals surface area contributed by atoms with Crippen molar-refractivity contribution >= 4 is 29.2 Å². The fourth-order valence-electron chi connectivity index (χ4n) is 4.46. The third-order valence-corrected chi connectivity index (χ3v) is 6.75. The zero-order valence-electron chi connectivity index (χ0n) is 24.1. The third-order valence-electron chi connectivity index (χ3n) is 6.75. The number of ether oxygens (including phenoxy) is 2. The number of nitrogens with one attached hydrogen (secondary N) is 4. The van der Waals surface area contributed by atoms with Crippen LogP contribution in [-0.4, -0.2) is 71.1 Å². The van der Waals surface area contributed by atoms with Crippen molar-refractivity contribution in [1.29, 1.82) is 0 Å². The number of carbonyl (C=O) groups is 1. The maximum absolute atomic E-state index is 12.8. The number of carboxylic acid groups (broad SMARTS) is 1. The quantitative estimate of drug-likeness (QED) is 0.120. The van der Waals surface area contributed by atoms with E-state index in [-0.39, 0.29) is 24.5 Å². The number of alkyl halides is 3. The monoisotopic (exact) mass is 618 g/mol. The number of aliphatic carboxylic acids is 1. The molecule has 1 aromatic heterocycles. The Morgan fingerprint density at radius 2 is 1.64 bits per heavy atom. The van der Waals surface area contributed by atoms with Crippen LogP contribution in [-0.2, 0) is 11.3 Å². The molecule has 238 valence electrons. The second-order valence-electron chi connectivity index (χ2n) is 10.3. The van der Waals surface area contributed by atoms with Crippen LogP contribution in [0.2, 0.25) is 0 Å². The van der Waals surface area contributed by atoms with E-state index in [0.29, 0.717) is 37.6 Å². The zero-order chi connectivity index (χ0) is 31.4. The number of benzene rings is 2. The fourth-order valence-corrected chi connectivity index (χ4v) is 4.46. The van der Waals surface area contributed by atoms with E-state index >= 15 is 0 Å². The topological polar surface area (TPSA) is 169 Å². The summed E-state index contributed by atoms with van der Waals surface area (Å²) < 4.78 is 49.0. The van der Waals surface area contributed by atoms with Crippen LogP contribution >= 0.6 is 0 Å². The molecular formula is C29H37F3N8O4. The third kappa shape index (κ3) is 10.7. The van der Waals surface area contributed by atoms with Crippen molar-refractivity contribution in [1.82, 2.24) is 20.3 Å². The summed E-state index contributed by atoms with van der Waals surface area (Å²) in [7, 11) is 0. The van der Waals surface area contributed by atoms with Crippen LogP contribution in [0.1, 0.15) is 31.2 Å². The lowest BCUT2D eigenvalue weighted by Gasteiger charge is -2.18. The summed E-state index contributed by atoms with van der Waals surface area (Å²) in [6, 6.07) is 13.6. The van der Waals surface area contributed by atoms with Crippen LogP contribution in [0.25, 0.3) is 0 Å². The number of carboxylic acids is 1. The Bertz CT molecular complexity index is 1330. The molecule has 1 aliphatic heterocycles. The van der Waals surface area contributed by atoms with E-state index < -0.39 is 30.7 Å². The van der Waals surface area contributed by atoms with Crippen molar-refractivity contribution in [3.05, 3.63) is 54.1 Å². The predicted molar refractivity (Wildman–Crippen MR) is 159 cm³/mol. The van der Waals surface area contributed by atoms with Gasteiger partial charge in [0.25, 0.3) is 0 Å². The second kappa shape index (κ2) is 15.9. The van der Waals surface area contributed by atoms with Crippen molar-refractivity contribution < 1.29 is 32.5 Å². The molecular weight excluding hydrogens is 581 g/mol. The van der Waals surface area contributed by atoms with Crippen molar-refractivity contribution in [3.8, 4) is 11.8 Å². The van der Waals surface area contributed by atoms with Crippen LogP contribution in [0.3, 0.4) is 0 Å². The lowest BCUT2D eigenvalue weighted by atomic mass is 10.0. The molecule has 1 fully saturated rings. The largest absolute Gasteiger partial charge is 0.494 e. The molecule has 0 radical (unpaired) electrons. The highest BCUT2D eigenvalue weighted by atomic mass is 19.4. The molecule has 0 aliphatic carbocycles. The molecule has 0 saturated carbocycles. The van der Waals surface area contributed by atoms with E-state index in [1.165, 1.54) is 0 Å². The number of nitrogens with zero attached hydrogens (tertiary/aromatic N) is 3. The first-order valence-corrected chi connectivity index (χ1v) is 14.4. The maximum Gasteiger partial charge on any atom is 0.422 e. The molecule has 2 aromatic carbocycles. The van der Waals surface area contributed by atoms with Crippen LogP contribution in [0, 0.1) is 5.92 Å². The summed E-state index contributed by atoms with van der Waals surface area (Å²) in [6.07, 6.45) is -0.464. The highest BCUT2D eigenvalue weighted by molar-refractivity contribution is 5.73. The number of halogens is 3. The van der Waals surface area contributed by atoms with Gasteiger partial charge in [-0.25, -0.2) is 0 Å². The standard InChI is InChI=1S/C29H37F3N8O4/c30-29(31,32)18-44-28-39-26(35-15-19-5-11-22(12-6-19)43-14-4-2-1-3-13-33)38-27(40-28)37-21-9-7-20(8-10-21)36-24-17-34-16-23(24)25(41)42/h5-12,23-24,34,36H,1-4,13-18,33H2,(H,41,42)(H2,35,37,38,39,40). The molecule has 2 unspecified atom stereocenters. The molecule has 0 spiro atoms. The zero-order valence-corrected chi connectivity index (χ0v) is 24.1. The molecule has 0 amide bonds. The Balaban J connectivity index is 1.36. The number of aromatic nitrogens is 3. The maximum atomic E-state index is 12.8. The van der Waals surface area contributed by atoms with Gasteiger partial charge in [-0.15, -0.1) is 0 Å². The van der Waals surface area contributed by atoms with Gasteiger partial charge in [-0.2, -0.15) is 28.1 Å². The van der Waals surface area contributed by atoms with Crippen LogP contribution in [0.4, 0.5) is 36.4 Å². The Kier molecular flexibility index (Phi) is 11.8. The first kappa shape index (κ1) is 32.5. The van der Waals surface area contributed by atoms with E-state index in [4.69, 9.17) is 15.2 Å². The van der Waals surface area contributed by atoms with E-state index in [1.807, 2.05) is 24.3 Å². The average molecular weight is 619 g/mol. The van der Waals surface area contributed by atoms with Crippen LogP contribution in [0.15, 0.2) is 48.5 Å². The van der Waals surface area contributed by atoms with E-state index in [9.17, 15) is 23.1 Å². The summed E-state index contributed by atoms with van der Waals surface area (Å²) in [5.74, 6) is -0.692. The molecule has 1 aliphatic rings. The Labute approximate surface area is 253 Å². The van der Waals surface area contributed by atoms with Gasteiger partial charge in [0.05, 0.1) is 18.6 Å². The summed E-state index contributed by atoms with van der Waals surface area (Å²) in [6.45, 7) is 0.951. The normalized spacial score (nSPS) is 16.4. The average Bonchev–Trinajstić information content (AvgIpc) is 3.47. The van der Waals surface area contributed by atoms with Gasteiger partial charge >= 0.3 is 18.2 Å². The first-order valence-electron chi connectivity index (χ1n) is 14.4. The van der Waals surface area contributed by atoms with E-state index in [2.05, 4.69) is 36.2 Å². The Morgan fingerprint density at radius 3 is 2.34 bits per heavy atom. The molecule has 2 atom stereocenters. The summed E-state index contributed by atoms with van der Waals surface area (Å²) in [5.41, 5.74) is 7.64. The fraction of sp³-hybridized carbons (Fsp3) is 0.448. The highest BCUT2D eigenvalue weighted by Gasteiger charge is 2.32. The summed E-state index contributed by atoms with van der Waals surface area (Å²) >= 11 is 0. The second-order valence-corrected chi connectivity index (χ2v) is 10.3.